The van der Waals surface area contributed by atoms with Gasteiger partial charge in [-0.2, -0.15) is 22.8 Å². The Kier molecular flexibility index (Phi) is 3.69. The Morgan fingerprint density at radius 2 is 1.91 bits per heavy atom. The topological polar surface area (TPSA) is 23.8 Å². The molecule has 0 aliphatic rings. The molecule has 0 bridgehead atoms. The number of alkyl halides is 3. The van der Waals surface area contributed by atoms with Crippen LogP contribution in [-0.2, 0) is 0 Å². The van der Waals surface area contributed by atoms with Gasteiger partial charge in [-0.25, -0.2) is 0 Å². The molecule has 0 N–H and O–H groups in total. The summed E-state index contributed by atoms with van der Waals surface area (Å²) in [7, 11) is 4.39. The molecule has 11 heavy (non-hydrogen) atoms. The van der Waals surface area contributed by atoms with Crippen molar-refractivity contribution in [3.8, 4) is 6.07 Å². The Bertz CT molecular complexity index is 215. The van der Waals surface area contributed by atoms with E-state index in [1.54, 1.807) is 0 Å². The summed E-state index contributed by atoms with van der Waals surface area (Å²) in [5.74, 6) is 0. The molecule has 0 aromatic rings. The van der Waals surface area contributed by atoms with Crippen molar-refractivity contribution in [1.82, 2.24) is 0 Å². The molecule has 0 unspecified atom stereocenters. The summed E-state index contributed by atoms with van der Waals surface area (Å²) < 4.78 is 46.8. The first kappa shape index (κ1) is 10.6. The number of halogens is 5. The molecule has 0 aliphatic carbocycles. The van der Waals surface area contributed by atoms with Gasteiger partial charge in [0.25, 0.3) is 0 Å². The van der Waals surface area contributed by atoms with Crippen LogP contribution in [-0.4, -0.2) is 6.18 Å². The van der Waals surface area contributed by atoms with Gasteiger partial charge >= 0.3 is 6.18 Å². The lowest BCUT2D eigenvalue weighted by molar-refractivity contribution is -0.0884. The maximum Gasteiger partial charge on any atom is 0.429 e. The Morgan fingerprint density at radius 3 is 2.00 bits per heavy atom. The average Bonchev–Trinajstić information content (AvgIpc) is 1.86. The van der Waals surface area contributed by atoms with Crippen molar-refractivity contribution in [2.45, 2.75) is 6.18 Å². The zero-order valence-corrected chi connectivity index (χ0v) is 6.32. The first-order valence-electron chi connectivity index (χ1n) is 2.09. The molecule has 1 nitrogen and oxygen atoms in total. The van der Waals surface area contributed by atoms with Crippen molar-refractivity contribution >= 4 is 21.7 Å². The van der Waals surface area contributed by atoms with E-state index in [0.29, 0.717) is 6.07 Å². The Balaban J connectivity index is 4.86. The molecule has 0 saturated carbocycles. The van der Waals surface area contributed by atoms with Crippen molar-refractivity contribution in [3.63, 3.8) is 0 Å². The van der Waals surface area contributed by atoms with Gasteiger partial charge in [-0.3, -0.25) is 0 Å². The number of rotatable bonds is 1. The van der Waals surface area contributed by atoms with Crippen LogP contribution in [0.4, 0.5) is 17.6 Å². The van der Waals surface area contributed by atoms with E-state index in [4.69, 9.17) is 5.26 Å². The lowest BCUT2D eigenvalue weighted by Crippen LogP contribution is -2.10. The van der Waals surface area contributed by atoms with Gasteiger partial charge in [0.15, 0.2) is 10.7 Å². The van der Waals surface area contributed by atoms with E-state index in [9.17, 15) is 17.6 Å². The molecule has 0 aromatic carbocycles. The van der Waals surface area contributed by atoms with Crippen LogP contribution in [0.5, 0.6) is 0 Å². The maximum absolute atomic E-state index is 12.1. The second-order valence-corrected chi connectivity index (χ2v) is 2.31. The van der Waals surface area contributed by atoms with E-state index in [1.807, 2.05) is 0 Å². The molecule has 0 fully saturated rings. The number of hydrogen-bond donors (Lipinski definition) is 0. The van der Waals surface area contributed by atoms with Gasteiger partial charge in [0.2, 0.25) is 0 Å². The number of nitriles is 1. The van der Waals surface area contributed by atoms with E-state index in [-0.39, 0.29) is 11.0 Å². The van der Waals surface area contributed by atoms with Gasteiger partial charge in [0, 0.05) is 11.0 Å². The van der Waals surface area contributed by atoms with E-state index in [2.05, 4.69) is 10.7 Å². The lowest BCUT2D eigenvalue weighted by Gasteiger charge is -2.02. The molecule has 0 atom stereocenters. The normalized spacial score (nSPS) is 13.8. The fraction of sp³-hybridized carbons (Fsp3) is 0.250. The van der Waals surface area contributed by atoms with Crippen molar-refractivity contribution in [2.75, 3.05) is 0 Å². The maximum atomic E-state index is 12.1. The van der Waals surface area contributed by atoms with Crippen LogP contribution in [0, 0.1) is 11.3 Å². The molecule has 7 heteroatoms. The molecule has 0 radical (unpaired) electrons. The van der Waals surface area contributed by atoms with Crippen LogP contribution in [0.15, 0.2) is 10.7 Å². The first-order valence-corrected chi connectivity index (χ1v) is 3.73. The highest BCUT2D eigenvalue weighted by atomic mass is 35.7. The van der Waals surface area contributed by atoms with Gasteiger partial charge < -0.3 is 0 Å². The average molecular weight is 206 g/mol. The summed E-state index contributed by atoms with van der Waals surface area (Å²) >= 11 is 0. The van der Waals surface area contributed by atoms with Crippen LogP contribution < -0.4 is 0 Å². The van der Waals surface area contributed by atoms with Gasteiger partial charge in [-0.05, 0) is 10.7 Å². The molecule has 0 heterocycles. The van der Waals surface area contributed by atoms with Crippen LogP contribution in [0.3, 0.4) is 0 Å². The minimum atomic E-state index is -4.97. The standard InChI is InChI=1S/C4ClF4NS/c5-11-3(6)2(1-10)4(7,8)9/b3-2+. The summed E-state index contributed by atoms with van der Waals surface area (Å²) in [5, 5.41) is 6.09. The number of nitrogens with zero attached hydrogens (tertiary/aromatic N) is 1. The van der Waals surface area contributed by atoms with E-state index >= 15 is 0 Å². The number of hydrogen-bond acceptors (Lipinski definition) is 2. The van der Waals surface area contributed by atoms with Gasteiger partial charge in [0.1, 0.15) is 6.07 Å². The van der Waals surface area contributed by atoms with Crippen LogP contribution in [0.1, 0.15) is 0 Å². The highest BCUT2D eigenvalue weighted by molar-refractivity contribution is 8.24. The van der Waals surface area contributed by atoms with Crippen molar-refractivity contribution in [2.24, 2.45) is 0 Å². The van der Waals surface area contributed by atoms with Crippen LogP contribution in [0.2, 0.25) is 0 Å². The zero-order valence-electron chi connectivity index (χ0n) is 4.75. The Hall–Kier alpha value is -0.410. The second kappa shape index (κ2) is 3.83. The Labute approximate surface area is 68.1 Å². The summed E-state index contributed by atoms with van der Waals surface area (Å²) in [6.45, 7) is 0. The molecule has 0 aliphatic heterocycles. The third-order valence-electron chi connectivity index (χ3n) is 0.660. The van der Waals surface area contributed by atoms with Gasteiger partial charge in [-0.1, -0.05) is 0 Å². The van der Waals surface area contributed by atoms with Crippen molar-refractivity contribution in [1.29, 1.82) is 5.26 Å². The highest BCUT2D eigenvalue weighted by Gasteiger charge is 2.37. The SMILES string of the molecule is N#C/C(=C(/F)SCl)C(F)(F)F. The lowest BCUT2D eigenvalue weighted by atomic mass is 10.3. The molecule has 0 spiro atoms. The monoisotopic (exact) mass is 205 g/mol. The Morgan fingerprint density at radius 1 is 1.45 bits per heavy atom. The minimum Gasteiger partial charge on any atom is -0.197 e. The summed E-state index contributed by atoms with van der Waals surface area (Å²) in [6.07, 6.45) is -4.97. The van der Waals surface area contributed by atoms with E-state index < -0.39 is 16.9 Å². The molecular weight excluding hydrogens is 206 g/mol. The first-order chi connectivity index (χ1) is 4.93. The predicted molar refractivity (Wildman–Crippen MR) is 33.2 cm³/mol. The van der Waals surface area contributed by atoms with Gasteiger partial charge in [0.05, 0.1) is 0 Å². The fourth-order valence-corrected chi connectivity index (χ4v) is 0.727. The molecular formula is C4ClF4NS. The molecule has 0 saturated heterocycles. The molecule has 0 amide bonds. The third-order valence-corrected chi connectivity index (χ3v) is 1.41. The van der Waals surface area contributed by atoms with E-state index in [1.165, 1.54) is 0 Å². The van der Waals surface area contributed by atoms with Crippen molar-refractivity contribution in [3.05, 3.63) is 10.7 Å². The minimum absolute atomic E-state index is 0.273. The van der Waals surface area contributed by atoms with Crippen LogP contribution >= 0.6 is 21.7 Å². The quantitative estimate of drug-likeness (QED) is 0.485. The highest BCUT2D eigenvalue weighted by Crippen LogP contribution is 2.34. The smallest absolute Gasteiger partial charge is 0.197 e. The number of allylic oxidation sites excluding steroid dienone is 1. The molecule has 62 valence electrons. The predicted octanol–water partition coefficient (Wildman–Crippen LogP) is 3.14. The van der Waals surface area contributed by atoms with Crippen LogP contribution in [0.25, 0.3) is 0 Å². The second-order valence-electron chi connectivity index (χ2n) is 1.34. The third kappa shape index (κ3) is 2.99. The molecule has 0 aromatic heterocycles. The molecule has 0 rings (SSSR count). The summed E-state index contributed by atoms with van der Waals surface area (Å²) in [6, 6.07) is 0.667. The van der Waals surface area contributed by atoms with Gasteiger partial charge in [-0.15, -0.1) is 0 Å². The van der Waals surface area contributed by atoms with E-state index in [0.717, 1.165) is 0 Å². The summed E-state index contributed by atoms with van der Waals surface area (Å²) in [5.41, 5.74) is -1.91. The summed E-state index contributed by atoms with van der Waals surface area (Å²) in [4.78, 5) is 0. The largest absolute Gasteiger partial charge is 0.429 e. The fourth-order valence-electron chi connectivity index (χ4n) is 0.257. The van der Waals surface area contributed by atoms with Crippen molar-refractivity contribution < 1.29 is 17.6 Å². The zero-order chi connectivity index (χ0) is 9.07.